The predicted octanol–water partition coefficient (Wildman–Crippen LogP) is 3.44. The molecule has 2 aliphatic rings. The monoisotopic (exact) mass is 1010 g/mol. The van der Waals surface area contributed by atoms with Crippen LogP contribution >= 0.6 is 34.4 Å². The van der Waals surface area contributed by atoms with Gasteiger partial charge < -0.3 is 72.2 Å². The van der Waals surface area contributed by atoms with E-state index in [-0.39, 0.29) is 54.7 Å². The normalized spacial score (nSPS) is 26.3. The van der Waals surface area contributed by atoms with Crippen molar-refractivity contribution < 1.29 is 49.2 Å². The fourth-order valence-electron chi connectivity index (χ4n) is 8.27. The lowest BCUT2D eigenvalue weighted by atomic mass is 9.87. The molecule has 0 radical (unpaired) electrons. The molecule has 69 heavy (non-hydrogen) atoms. The summed E-state index contributed by atoms with van der Waals surface area (Å²) in [5.74, 6) is -4.30. The van der Waals surface area contributed by atoms with Gasteiger partial charge in [-0.15, -0.1) is 10.2 Å². The molecule has 0 aliphatic carbocycles. The van der Waals surface area contributed by atoms with E-state index in [9.17, 15) is 25.5 Å². The van der Waals surface area contributed by atoms with Crippen molar-refractivity contribution in [2.24, 2.45) is 0 Å². The van der Waals surface area contributed by atoms with Crippen molar-refractivity contribution in [2.75, 3.05) is 36.1 Å². The Labute approximate surface area is 411 Å². The van der Waals surface area contributed by atoms with E-state index in [1.807, 2.05) is 91.0 Å². The first-order valence-corrected chi connectivity index (χ1v) is 22.6. The van der Waals surface area contributed by atoms with Gasteiger partial charge in [0.25, 0.3) is 0 Å². The molecule has 9 rings (SSSR count). The number of fused-ring (bicyclic) bond motifs is 2. The number of ether oxygens (including phenoxy) is 5. The molecule has 3 aromatic carbocycles. The van der Waals surface area contributed by atoms with Gasteiger partial charge in [-0.3, -0.25) is 0 Å². The average molecular weight is 1010 g/mol. The molecule has 8 atom stereocenters. The predicted molar refractivity (Wildman–Crippen MR) is 259 cm³/mol. The van der Waals surface area contributed by atoms with Crippen LogP contribution in [0.15, 0.2) is 115 Å². The Morgan fingerprint density at radius 1 is 0.638 bits per heavy atom. The van der Waals surface area contributed by atoms with Crippen LogP contribution in [0.25, 0.3) is 11.0 Å². The summed E-state index contributed by atoms with van der Waals surface area (Å²) in [4.78, 5) is 7.11. The van der Waals surface area contributed by atoms with Crippen LogP contribution in [0.5, 0.6) is 0 Å². The molecule has 2 aliphatic heterocycles. The number of aliphatic hydroxyl groups excluding tert-OH is 2. The topological polar surface area (TPSA) is 312 Å². The Kier molecular flexibility index (Phi) is 15.9. The van der Waals surface area contributed by atoms with Crippen molar-refractivity contribution >= 4 is 73.9 Å². The van der Waals surface area contributed by atoms with E-state index in [2.05, 4.69) is 20.2 Å². The third kappa shape index (κ3) is 10.6. The summed E-state index contributed by atoms with van der Waals surface area (Å²) in [5, 5.41) is 61.5. The second-order valence-corrected chi connectivity index (χ2v) is 18.4. The number of benzene rings is 3. The van der Waals surface area contributed by atoms with Gasteiger partial charge in [-0.25, -0.2) is 9.03 Å². The van der Waals surface area contributed by atoms with Crippen LogP contribution in [-0.2, 0) is 55.1 Å². The van der Waals surface area contributed by atoms with Crippen molar-refractivity contribution in [3.63, 3.8) is 0 Å². The maximum atomic E-state index is 12.6. The van der Waals surface area contributed by atoms with Gasteiger partial charge in [-0.2, -0.15) is 44.3 Å². The van der Waals surface area contributed by atoms with Gasteiger partial charge in [0.05, 0.1) is 33.0 Å². The molecule has 24 heteroatoms. The number of rotatable bonds is 13. The molecule has 4 aromatic heterocycles. The van der Waals surface area contributed by atoms with Gasteiger partial charge >= 0.3 is 4.96 Å². The zero-order valence-electron chi connectivity index (χ0n) is 37.3. The van der Waals surface area contributed by atoms with Gasteiger partial charge in [-0.1, -0.05) is 91.0 Å². The highest BCUT2D eigenvalue weighted by Crippen LogP contribution is 2.50. The zero-order chi connectivity index (χ0) is 49.7. The molecule has 0 spiro atoms. The second kappa shape index (κ2) is 21.3. The van der Waals surface area contributed by atoms with Crippen molar-refractivity contribution in [1.29, 1.82) is 0 Å². The SMILES string of the molecule is C[C@@]1(O)[C@H](O)[C@@H](CO)O[C@@]1(O)c1ccc2c(N)nc(N)nn12.C[C@@]1(OCc2ccccc2)[C@H](OCc2ccccc2)[C@@H](COCc2ccccc2)O[C@@]1(O)c1ccc2c(N)nc(N)nn12.ClB(Cl)Cl. The molecule has 0 unspecified atom stereocenters. The third-order valence-corrected chi connectivity index (χ3v) is 11.8. The molecular weight excluding hydrogens is 958 g/mol. The summed E-state index contributed by atoms with van der Waals surface area (Å²) in [6, 6.07) is 35.7. The Balaban J connectivity index is 0.000000225. The number of aliphatic hydroxyl groups is 5. The number of nitrogen functional groups attached to an aromatic ring is 4. The molecule has 0 amide bonds. The first kappa shape index (κ1) is 51.5. The first-order chi connectivity index (χ1) is 32.8. The van der Waals surface area contributed by atoms with Gasteiger partial charge in [0, 0.05) is 0 Å². The van der Waals surface area contributed by atoms with Crippen LogP contribution < -0.4 is 22.9 Å². The fourth-order valence-corrected chi connectivity index (χ4v) is 8.27. The van der Waals surface area contributed by atoms with Crippen LogP contribution in [0, 0.1) is 0 Å². The van der Waals surface area contributed by atoms with E-state index in [4.69, 9.17) is 81.0 Å². The van der Waals surface area contributed by atoms with E-state index >= 15 is 0 Å². The standard InChI is InChI=1S/C33H35N5O5.C12H17N5O5.BCl3/c1-32(42-21-25-15-9-4-10-16-25)29(41-20-24-13-7-3-8-14-24)27(22-40-19-23-11-5-2-6-12-23)43-33(32,39)28-18-17-26-30(34)36-31(35)37-38(26)28;1-11(20)8(19)6(4-18)22-12(11,21)7-3-2-5-9(13)15-10(14)16-17(5)7;2-1(3)4/h2-18,27,29,39H,19-22H2,1H3,(H4,34,35,36,37);2-3,6,8,18-21H,4H2,1H3,(H4,13,14,15,16);/t27-,29-,32-,33+;6-,8-,11-,12+;/m11./s1. The highest BCUT2D eigenvalue weighted by Gasteiger charge is 2.67. The van der Waals surface area contributed by atoms with E-state index < -0.39 is 58.8 Å². The van der Waals surface area contributed by atoms with Gasteiger partial charge in [0.2, 0.25) is 23.5 Å². The quantitative estimate of drug-likeness (QED) is 0.0747. The number of nitrogens with zero attached hydrogens (tertiary/aromatic N) is 6. The van der Waals surface area contributed by atoms with Crippen molar-refractivity contribution in [1.82, 2.24) is 29.2 Å². The Morgan fingerprint density at radius 3 is 1.54 bits per heavy atom. The summed E-state index contributed by atoms with van der Waals surface area (Å²) in [5.41, 5.74) is 23.9. The number of hydrogen-bond donors (Lipinski definition) is 9. The number of halogens is 3. The molecule has 0 bridgehead atoms. The minimum atomic E-state index is -2.32. The third-order valence-electron chi connectivity index (χ3n) is 11.8. The Bertz CT molecular complexity index is 2800. The van der Waals surface area contributed by atoms with E-state index in [1.165, 1.54) is 28.1 Å². The van der Waals surface area contributed by atoms with Crippen LogP contribution in [0.3, 0.4) is 0 Å². The molecular formula is C45H52BCl3N10O10. The maximum absolute atomic E-state index is 12.6. The lowest BCUT2D eigenvalue weighted by Gasteiger charge is -2.40. The molecule has 2 fully saturated rings. The molecule has 20 nitrogen and oxygen atoms in total. The van der Waals surface area contributed by atoms with Crippen LogP contribution in [0.4, 0.5) is 23.5 Å². The lowest BCUT2D eigenvalue weighted by Crippen LogP contribution is -2.55. The summed E-state index contributed by atoms with van der Waals surface area (Å²) in [7, 11) is 0. The maximum Gasteiger partial charge on any atom is 0.450 e. The molecule has 0 saturated carbocycles. The largest absolute Gasteiger partial charge is 0.450 e. The molecule has 6 heterocycles. The number of nitrogens with two attached hydrogens (primary N) is 4. The molecule has 366 valence electrons. The van der Waals surface area contributed by atoms with Crippen LogP contribution in [-0.4, -0.2) is 109 Å². The second-order valence-electron chi connectivity index (χ2n) is 16.5. The van der Waals surface area contributed by atoms with Crippen molar-refractivity contribution in [3.05, 3.63) is 143 Å². The first-order valence-electron chi connectivity index (χ1n) is 21.3. The van der Waals surface area contributed by atoms with Crippen LogP contribution in [0.1, 0.15) is 41.9 Å². The van der Waals surface area contributed by atoms with Gasteiger partial charge in [-0.05, 0) is 54.8 Å². The number of hydrogen-bond acceptors (Lipinski definition) is 18. The minimum Gasteiger partial charge on any atom is -0.394 e. The van der Waals surface area contributed by atoms with Crippen molar-refractivity contribution in [3.8, 4) is 0 Å². The Hall–Kier alpha value is -5.37. The minimum absolute atomic E-state index is 0.00306. The summed E-state index contributed by atoms with van der Waals surface area (Å²) >= 11 is 14.4. The zero-order valence-corrected chi connectivity index (χ0v) is 39.6. The highest BCUT2D eigenvalue weighted by molar-refractivity contribution is 7.54. The van der Waals surface area contributed by atoms with Crippen molar-refractivity contribution in [2.45, 2.75) is 80.9 Å². The lowest BCUT2D eigenvalue weighted by molar-refractivity contribution is -0.294. The average Bonchev–Trinajstić information content (AvgIpc) is 4.05. The number of aromatic nitrogens is 6. The molecule has 2 saturated heterocycles. The fraction of sp³-hybridized carbons (Fsp3) is 0.333. The van der Waals surface area contributed by atoms with Crippen LogP contribution in [0.2, 0.25) is 0 Å². The molecule has 13 N–H and O–H groups in total. The van der Waals surface area contributed by atoms with E-state index in [0.29, 0.717) is 17.6 Å². The smallest absolute Gasteiger partial charge is 0.394 e. The summed E-state index contributed by atoms with van der Waals surface area (Å²) in [6.07, 6.45) is -4.16. The number of anilines is 4. The summed E-state index contributed by atoms with van der Waals surface area (Å²) in [6.45, 7) is 3.35. The van der Waals surface area contributed by atoms with E-state index in [1.54, 1.807) is 19.1 Å². The van der Waals surface area contributed by atoms with E-state index in [0.717, 1.165) is 16.7 Å². The summed E-state index contributed by atoms with van der Waals surface area (Å²) < 4.78 is 33.8. The Morgan fingerprint density at radius 2 is 1.07 bits per heavy atom. The highest BCUT2D eigenvalue weighted by atomic mass is 35.6. The van der Waals surface area contributed by atoms with Gasteiger partial charge in [0.15, 0.2) is 17.2 Å². The molecule has 7 aromatic rings. The van der Waals surface area contributed by atoms with Gasteiger partial charge in [0.1, 0.15) is 52.4 Å².